The zero-order chi connectivity index (χ0) is 12.3. The molecule has 0 N–H and O–H groups in total. The van der Waals surface area contributed by atoms with Crippen molar-refractivity contribution in [3.8, 4) is 0 Å². The molecule has 0 spiro atoms. The van der Waals surface area contributed by atoms with Crippen molar-refractivity contribution in [3.05, 3.63) is 34.1 Å². The van der Waals surface area contributed by atoms with Crippen molar-refractivity contribution in [2.75, 3.05) is 0 Å². The SMILES string of the molecule is CC(C)(C)C(Br)CCc1cc(F)ccc1Br. The Morgan fingerprint density at radius 2 is 1.94 bits per heavy atom. The Hall–Kier alpha value is 0.110. The zero-order valence-corrected chi connectivity index (χ0v) is 13.0. The summed E-state index contributed by atoms with van der Waals surface area (Å²) in [5.74, 6) is -0.167. The Kier molecular flexibility index (Phi) is 4.99. The maximum atomic E-state index is 13.1. The summed E-state index contributed by atoms with van der Waals surface area (Å²) < 4.78 is 14.1. The lowest BCUT2D eigenvalue weighted by Crippen LogP contribution is -2.20. The lowest BCUT2D eigenvalue weighted by atomic mass is 9.89. The van der Waals surface area contributed by atoms with Crippen molar-refractivity contribution >= 4 is 31.9 Å². The van der Waals surface area contributed by atoms with Gasteiger partial charge in [-0.25, -0.2) is 4.39 Å². The normalized spacial score (nSPS) is 13.9. The van der Waals surface area contributed by atoms with Gasteiger partial charge in [-0.15, -0.1) is 0 Å². The van der Waals surface area contributed by atoms with Gasteiger partial charge in [0, 0.05) is 9.30 Å². The van der Waals surface area contributed by atoms with Gasteiger partial charge in [0.2, 0.25) is 0 Å². The number of alkyl halides is 1. The zero-order valence-electron chi connectivity index (χ0n) is 9.86. The Balaban J connectivity index is 2.64. The van der Waals surface area contributed by atoms with Gasteiger partial charge in [0.05, 0.1) is 0 Å². The highest BCUT2D eigenvalue weighted by Gasteiger charge is 2.21. The molecule has 0 aliphatic carbocycles. The van der Waals surface area contributed by atoms with Crippen molar-refractivity contribution in [1.82, 2.24) is 0 Å². The Labute approximate surface area is 114 Å². The van der Waals surface area contributed by atoms with E-state index in [-0.39, 0.29) is 11.2 Å². The van der Waals surface area contributed by atoms with Crippen molar-refractivity contribution < 1.29 is 4.39 Å². The molecule has 1 atom stereocenters. The molecule has 1 aromatic carbocycles. The number of hydrogen-bond acceptors (Lipinski definition) is 0. The average molecular weight is 352 g/mol. The monoisotopic (exact) mass is 350 g/mol. The Bertz CT molecular complexity index is 355. The Morgan fingerprint density at radius 3 is 2.50 bits per heavy atom. The third-order valence-electron chi connectivity index (χ3n) is 2.61. The van der Waals surface area contributed by atoms with Crippen LogP contribution in [0, 0.1) is 11.2 Å². The third-order valence-corrected chi connectivity index (χ3v) is 5.22. The predicted octanol–water partition coefficient (Wildman–Crippen LogP) is 5.33. The molecule has 0 heterocycles. The van der Waals surface area contributed by atoms with Gasteiger partial charge in [-0.05, 0) is 42.0 Å². The first-order chi connectivity index (χ1) is 7.30. The van der Waals surface area contributed by atoms with Crippen LogP contribution in [-0.2, 0) is 6.42 Å². The van der Waals surface area contributed by atoms with Gasteiger partial charge < -0.3 is 0 Å². The highest BCUT2D eigenvalue weighted by atomic mass is 79.9. The standard InChI is InChI=1S/C13H17Br2F/c1-13(2,3)12(15)7-4-9-8-10(16)5-6-11(9)14/h5-6,8,12H,4,7H2,1-3H3. The maximum absolute atomic E-state index is 13.1. The van der Waals surface area contributed by atoms with Gasteiger partial charge in [0.1, 0.15) is 5.82 Å². The van der Waals surface area contributed by atoms with Gasteiger partial charge in [-0.2, -0.15) is 0 Å². The van der Waals surface area contributed by atoms with Crippen LogP contribution >= 0.6 is 31.9 Å². The average Bonchev–Trinajstić information content (AvgIpc) is 2.17. The van der Waals surface area contributed by atoms with Gasteiger partial charge >= 0.3 is 0 Å². The fourth-order valence-electron chi connectivity index (χ4n) is 1.45. The second-order valence-electron chi connectivity index (χ2n) is 5.11. The molecule has 0 aliphatic rings. The molecule has 0 aliphatic heterocycles. The fourth-order valence-corrected chi connectivity index (χ4v) is 2.12. The van der Waals surface area contributed by atoms with Crippen LogP contribution in [0.2, 0.25) is 0 Å². The minimum atomic E-state index is -0.167. The van der Waals surface area contributed by atoms with Crippen LogP contribution in [0.25, 0.3) is 0 Å². The van der Waals surface area contributed by atoms with Crippen LogP contribution in [0.4, 0.5) is 4.39 Å². The summed E-state index contributed by atoms with van der Waals surface area (Å²) in [5, 5.41) is 0. The molecule has 0 nitrogen and oxygen atoms in total. The molecule has 0 bridgehead atoms. The van der Waals surface area contributed by atoms with Gasteiger partial charge in [-0.1, -0.05) is 52.6 Å². The molecule has 90 valence electrons. The molecular formula is C13H17Br2F. The highest BCUT2D eigenvalue weighted by Crippen LogP contribution is 2.30. The highest BCUT2D eigenvalue weighted by molar-refractivity contribution is 9.10. The van der Waals surface area contributed by atoms with Crippen molar-refractivity contribution in [2.45, 2.75) is 38.4 Å². The lowest BCUT2D eigenvalue weighted by molar-refractivity contribution is 0.385. The van der Waals surface area contributed by atoms with E-state index in [1.165, 1.54) is 6.07 Å². The van der Waals surface area contributed by atoms with Gasteiger partial charge in [0.15, 0.2) is 0 Å². The second-order valence-corrected chi connectivity index (χ2v) is 7.07. The largest absolute Gasteiger partial charge is 0.207 e. The summed E-state index contributed by atoms with van der Waals surface area (Å²) in [7, 11) is 0. The molecule has 1 aromatic rings. The molecule has 0 amide bonds. The summed E-state index contributed by atoms with van der Waals surface area (Å²) in [5.41, 5.74) is 1.27. The first-order valence-electron chi connectivity index (χ1n) is 5.38. The van der Waals surface area contributed by atoms with Crippen molar-refractivity contribution in [3.63, 3.8) is 0 Å². The van der Waals surface area contributed by atoms with E-state index in [1.807, 2.05) is 0 Å². The molecule has 0 saturated heterocycles. The minimum absolute atomic E-state index is 0.167. The van der Waals surface area contributed by atoms with E-state index >= 15 is 0 Å². The number of rotatable bonds is 3. The van der Waals surface area contributed by atoms with E-state index in [0.29, 0.717) is 4.83 Å². The summed E-state index contributed by atoms with van der Waals surface area (Å²) >= 11 is 7.14. The number of aryl methyl sites for hydroxylation is 1. The first kappa shape index (κ1) is 14.2. The van der Waals surface area contributed by atoms with Crippen LogP contribution < -0.4 is 0 Å². The van der Waals surface area contributed by atoms with E-state index in [2.05, 4.69) is 52.6 Å². The van der Waals surface area contributed by atoms with E-state index in [0.717, 1.165) is 22.9 Å². The third kappa shape index (κ3) is 4.17. The van der Waals surface area contributed by atoms with Crippen molar-refractivity contribution in [1.29, 1.82) is 0 Å². The molecule has 3 heteroatoms. The summed E-state index contributed by atoms with van der Waals surface area (Å²) in [6.45, 7) is 6.60. The molecule has 0 saturated carbocycles. The van der Waals surface area contributed by atoms with E-state index in [4.69, 9.17) is 0 Å². The van der Waals surface area contributed by atoms with E-state index < -0.39 is 0 Å². The van der Waals surface area contributed by atoms with Crippen LogP contribution in [-0.4, -0.2) is 4.83 Å². The molecule has 0 radical (unpaired) electrons. The van der Waals surface area contributed by atoms with E-state index in [9.17, 15) is 4.39 Å². The lowest BCUT2D eigenvalue weighted by Gasteiger charge is -2.25. The number of hydrogen-bond donors (Lipinski definition) is 0. The molecular weight excluding hydrogens is 335 g/mol. The molecule has 0 aromatic heterocycles. The van der Waals surface area contributed by atoms with Gasteiger partial charge in [0.25, 0.3) is 0 Å². The van der Waals surface area contributed by atoms with Crippen LogP contribution in [0.3, 0.4) is 0 Å². The molecule has 1 rings (SSSR count). The van der Waals surface area contributed by atoms with Gasteiger partial charge in [-0.3, -0.25) is 0 Å². The predicted molar refractivity (Wildman–Crippen MR) is 74.6 cm³/mol. The second kappa shape index (κ2) is 5.63. The van der Waals surface area contributed by atoms with Crippen molar-refractivity contribution in [2.24, 2.45) is 5.41 Å². The maximum Gasteiger partial charge on any atom is 0.123 e. The Morgan fingerprint density at radius 1 is 1.31 bits per heavy atom. The van der Waals surface area contributed by atoms with Crippen LogP contribution in [0.5, 0.6) is 0 Å². The van der Waals surface area contributed by atoms with E-state index in [1.54, 1.807) is 12.1 Å². The van der Waals surface area contributed by atoms with Crippen LogP contribution in [0.15, 0.2) is 22.7 Å². The smallest absolute Gasteiger partial charge is 0.123 e. The number of halogens is 3. The molecule has 0 fully saturated rings. The number of benzene rings is 1. The summed E-state index contributed by atoms with van der Waals surface area (Å²) in [6, 6.07) is 4.85. The first-order valence-corrected chi connectivity index (χ1v) is 7.09. The quantitative estimate of drug-likeness (QED) is 0.645. The molecule has 1 unspecified atom stereocenters. The topological polar surface area (TPSA) is 0 Å². The summed E-state index contributed by atoms with van der Waals surface area (Å²) in [4.78, 5) is 0.440. The van der Waals surface area contributed by atoms with Crippen LogP contribution in [0.1, 0.15) is 32.8 Å². The molecule has 16 heavy (non-hydrogen) atoms. The summed E-state index contributed by atoms with van der Waals surface area (Å²) in [6.07, 6.45) is 1.89. The minimum Gasteiger partial charge on any atom is -0.207 e. The fraction of sp³-hybridized carbons (Fsp3) is 0.538.